The molecule has 2 rings (SSSR count). The molecule has 0 aromatic heterocycles. The van der Waals surface area contributed by atoms with Crippen LogP contribution in [0.5, 0.6) is 0 Å². The van der Waals surface area contributed by atoms with Crippen molar-refractivity contribution in [3.63, 3.8) is 0 Å². The maximum atomic E-state index is 3.87. The van der Waals surface area contributed by atoms with Crippen LogP contribution in [0, 0.1) is 0 Å². The molecule has 1 atom stereocenters. The third kappa shape index (κ3) is 3.74. The summed E-state index contributed by atoms with van der Waals surface area (Å²) >= 11 is 0. The number of para-hydroxylation sites is 1. The third-order valence-electron chi connectivity index (χ3n) is 3.52. The van der Waals surface area contributed by atoms with Gasteiger partial charge < -0.3 is 5.32 Å². The second-order valence-corrected chi connectivity index (χ2v) is 5.41. The first-order chi connectivity index (χ1) is 9.70. The summed E-state index contributed by atoms with van der Waals surface area (Å²) in [5.41, 5.74) is 3.83. The molecular weight excluding hydrogens is 242 g/mol. The first kappa shape index (κ1) is 14.4. The molecular formula is C19H23N. The molecule has 0 saturated heterocycles. The Kier molecular flexibility index (Phi) is 5.00. The Bertz CT molecular complexity index is 525. The molecule has 0 spiro atoms. The van der Waals surface area contributed by atoms with Crippen LogP contribution in [0.25, 0.3) is 0 Å². The highest BCUT2D eigenvalue weighted by atomic mass is 14.9. The molecule has 0 aliphatic heterocycles. The maximum absolute atomic E-state index is 3.87. The molecule has 0 saturated carbocycles. The Labute approximate surface area is 122 Å². The van der Waals surface area contributed by atoms with E-state index in [0.717, 1.165) is 12.1 Å². The Hall–Kier alpha value is -2.02. The van der Waals surface area contributed by atoms with E-state index in [2.05, 4.69) is 74.3 Å². The van der Waals surface area contributed by atoms with Gasteiger partial charge in [-0.05, 0) is 35.6 Å². The van der Waals surface area contributed by atoms with Gasteiger partial charge in [0.25, 0.3) is 0 Å². The number of hydrogen-bond acceptors (Lipinski definition) is 1. The summed E-state index contributed by atoms with van der Waals surface area (Å²) in [5.74, 6) is 0.573. The highest BCUT2D eigenvalue weighted by molar-refractivity contribution is 5.45. The van der Waals surface area contributed by atoms with Gasteiger partial charge in [0.1, 0.15) is 0 Å². The Morgan fingerprint density at radius 1 is 0.950 bits per heavy atom. The number of anilines is 1. The Morgan fingerprint density at radius 2 is 1.55 bits per heavy atom. The van der Waals surface area contributed by atoms with Crippen molar-refractivity contribution in [1.82, 2.24) is 0 Å². The van der Waals surface area contributed by atoms with Gasteiger partial charge in [0.2, 0.25) is 0 Å². The van der Waals surface area contributed by atoms with E-state index in [4.69, 9.17) is 0 Å². The average Bonchev–Trinajstić information content (AvgIpc) is 2.48. The predicted octanol–water partition coefficient (Wildman–Crippen LogP) is 5.54. The van der Waals surface area contributed by atoms with Crippen LogP contribution >= 0.6 is 0 Å². The van der Waals surface area contributed by atoms with E-state index >= 15 is 0 Å². The van der Waals surface area contributed by atoms with Crippen molar-refractivity contribution in [2.75, 3.05) is 5.32 Å². The maximum Gasteiger partial charge on any atom is 0.0548 e. The smallest absolute Gasteiger partial charge is 0.0548 e. The molecule has 1 heteroatoms. The van der Waals surface area contributed by atoms with Gasteiger partial charge in [0, 0.05) is 5.69 Å². The van der Waals surface area contributed by atoms with Crippen LogP contribution in [0.4, 0.5) is 5.69 Å². The Balaban J connectivity index is 2.17. The molecule has 0 fully saturated rings. The van der Waals surface area contributed by atoms with Crippen molar-refractivity contribution in [1.29, 1.82) is 0 Å². The van der Waals surface area contributed by atoms with Gasteiger partial charge in [-0.2, -0.15) is 0 Å². The number of rotatable bonds is 6. The van der Waals surface area contributed by atoms with Crippen LogP contribution in [0.15, 0.2) is 67.3 Å². The predicted molar refractivity (Wildman–Crippen MR) is 88.2 cm³/mol. The van der Waals surface area contributed by atoms with E-state index in [1.807, 2.05) is 12.1 Å². The topological polar surface area (TPSA) is 12.0 Å². The summed E-state index contributed by atoms with van der Waals surface area (Å²) in [5, 5.41) is 3.57. The summed E-state index contributed by atoms with van der Waals surface area (Å²) in [6, 6.07) is 19.5. The van der Waals surface area contributed by atoms with E-state index in [1.165, 1.54) is 11.1 Å². The van der Waals surface area contributed by atoms with Crippen molar-refractivity contribution in [3.8, 4) is 0 Å². The van der Waals surface area contributed by atoms with Crippen LogP contribution in [-0.2, 0) is 0 Å². The minimum absolute atomic E-state index is 0.274. The van der Waals surface area contributed by atoms with Crippen molar-refractivity contribution in [2.45, 2.75) is 32.2 Å². The van der Waals surface area contributed by atoms with Gasteiger partial charge >= 0.3 is 0 Å². The van der Waals surface area contributed by atoms with Gasteiger partial charge in [0.15, 0.2) is 0 Å². The molecule has 1 N–H and O–H groups in total. The second kappa shape index (κ2) is 6.95. The molecule has 0 bridgehead atoms. The van der Waals surface area contributed by atoms with Crippen LogP contribution in [0.1, 0.15) is 43.4 Å². The van der Waals surface area contributed by atoms with E-state index in [-0.39, 0.29) is 6.04 Å². The lowest BCUT2D eigenvalue weighted by Gasteiger charge is -2.20. The van der Waals surface area contributed by atoms with Gasteiger partial charge in [-0.3, -0.25) is 0 Å². The zero-order chi connectivity index (χ0) is 14.4. The summed E-state index contributed by atoms with van der Waals surface area (Å²) in [6.07, 6.45) is 2.88. The molecule has 1 unspecified atom stereocenters. The Morgan fingerprint density at radius 3 is 2.10 bits per heavy atom. The minimum Gasteiger partial charge on any atom is -0.378 e. The minimum atomic E-state index is 0.274. The number of benzene rings is 2. The van der Waals surface area contributed by atoms with Crippen LogP contribution in [-0.4, -0.2) is 0 Å². The quantitative estimate of drug-likeness (QED) is 0.676. The molecule has 0 heterocycles. The molecule has 2 aromatic carbocycles. The molecule has 0 radical (unpaired) electrons. The van der Waals surface area contributed by atoms with E-state index in [9.17, 15) is 0 Å². The second-order valence-electron chi connectivity index (χ2n) is 5.41. The lowest BCUT2D eigenvalue weighted by molar-refractivity contribution is 0.794. The van der Waals surface area contributed by atoms with Crippen LogP contribution in [0.3, 0.4) is 0 Å². The fourth-order valence-corrected chi connectivity index (χ4v) is 2.29. The average molecular weight is 265 g/mol. The number of nitrogens with one attached hydrogen (secondary N) is 1. The van der Waals surface area contributed by atoms with E-state index < -0.39 is 0 Å². The first-order valence-electron chi connectivity index (χ1n) is 7.23. The SMILES string of the molecule is C=CCC(Nc1ccccc1)c1ccc(C(C)C)cc1. The summed E-state index contributed by atoms with van der Waals surface area (Å²) in [6.45, 7) is 8.31. The van der Waals surface area contributed by atoms with Gasteiger partial charge in [-0.25, -0.2) is 0 Å². The fourth-order valence-electron chi connectivity index (χ4n) is 2.29. The highest BCUT2D eigenvalue weighted by Gasteiger charge is 2.10. The molecule has 0 aliphatic carbocycles. The van der Waals surface area contributed by atoms with Crippen LogP contribution < -0.4 is 5.32 Å². The monoisotopic (exact) mass is 265 g/mol. The summed E-state index contributed by atoms with van der Waals surface area (Å²) in [7, 11) is 0. The lowest BCUT2D eigenvalue weighted by Crippen LogP contribution is -2.10. The molecule has 2 aromatic rings. The van der Waals surface area contributed by atoms with Crippen molar-refractivity contribution in [2.24, 2.45) is 0 Å². The normalized spacial score (nSPS) is 12.2. The standard InChI is InChI=1S/C19H23N/c1-4-8-19(20-18-9-6-5-7-10-18)17-13-11-16(12-14-17)15(2)3/h4-7,9-15,19-20H,1,8H2,2-3H3. The fraction of sp³-hybridized carbons (Fsp3) is 0.263. The molecule has 0 aliphatic rings. The first-order valence-corrected chi connectivity index (χ1v) is 7.23. The molecule has 20 heavy (non-hydrogen) atoms. The molecule has 0 amide bonds. The van der Waals surface area contributed by atoms with Gasteiger partial charge in [-0.15, -0.1) is 6.58 Å². The van der Waals surface area contributed by atoms with Gasteiger partial charge in [-0.1, -0.05) is 62.4 Å². The van der Waals surface area contributed by atoms with Crippen molar-refractivity contribution < 1.29 is 0 Å². The van der Waals surface area contributed by atoms with Crippen LogP contribution in [0.2, 0.25) is 0 Å². The highest BCUT2D eigenvalue weighted by Crippen LogP contribution is 2.24. The van der Waals surface area contributed by atoms with Crippen molar-refractivity contribution >= 4 is 5.69 Å². The zero-order valence-corrected chi connectivity index (χ0v) is 12.3. The van der Waals surface area contributed by atoms with Gasteiger partial charge in [0.05, 0.1) is 6.04 Å². The van der Waals surface area contributed by atoms with Crippen molar-refractivity contribution in [3.05, 3.63) is 78.4 Å². The molecule has 1 nitrogen and oxygen atoms in total. The summed E-state index contributed by atoms with van der Waals surface area (Å²) < 4.78 is 0. The lowest BCUT2D eigenvalue weighted by atomic mass is 9.97. The largest absolute Gasteiger partial charge is 0.378 e. The van der Waals surface area contributed by atoms with E-state index in [1.54, 1.807) is 0 Å². The summed E-state index contributed by atoms with van der Waals surface area (Å²) in [4.78, 5) is 0. The molecule has 104 valence electrons. The third-order valence-corrected chi connectivity index (χ3v) is 3.52. The van der Waals surface area contributed by atoms with E-state index in [0.29, 0.717) is 5.92 Å². The zero-order valence-electron chi connectivity index (χ0n) is 12.3. The number of hydrogen-bond donors (Lipinski definition) is 1.